The van der Waals surface area contributed by atoms with Crippen molar-refractivity contribution in [3.63, 3.8) is 0 Å². The van der Waals surface area contributed by atoms with Gasteiger partial charge in [0.2, 0.25) is 0 Å². The van der Waals surface area contributed by atoms with E-state index < -0.39 is 0 Å². The molecule has 0 aliphatic rings. The van der Waals surface area contributed by atoms with E-state index in [-0.39, 0.29) is 0 Å². The summed E-state index contributed by atoms with van der Waals surface area (Å²) in [4.78, 5) is 0. The van der Waals surface area contributed by atoms with Gasteiger partial charge >= 0.3 is 0 Å². The second-order valence-electron chi connectivity index (χ2n) is 2.36. The monoisotopic (exact) mass is 306 g/mol. The summed E-state index contributed by atoms with van der Waals surface area (Å²) in [6.07, 6.45) is 0. The van der Waals surface area contributed by atoms with Gasteiger partial charge < -0.3 is 5.11 Å². The van der Waals surface area contributed by atoms with Crippen molar-refractivity contribution in [3.8, 4) is 5.75 Å². The first kappa shape index (κ1) is 8.53. The van der Waals surface area contributed by atoms with Crippen LogP contribution in [0.3, 0.4) is 0 Å². The minimum Gasteiger partial charge on any atom is -0.506 e. The van der Waals surface area contributed by atoms with Crippen molar-refractivity contribution >= 4 is 53.3 Å². The van der Waals surface area contributed by atoms with Crippen LogP contribution in [-0.4, -0.2) is 5.11 Å². The number of rotatable bonds is 0. The summed E-state index contributed by atoms with van der Waals surface area (Å²) >= 11 is 8.38. The van der Waals surface area contributed by atoms with E-state index >= 15 is 0 Å². The maximum atomic E-state index is 9.40. The van der Waals surface area contributed by atoms with Crippen molar-refractivity contribution in [2.45, 2.75) is 0 Å². The predicted molar refractivity (Wildman–Crippen MR) is 58.9 cm³/mol. The normalized spacial score (nSPS) is 10.8. The topological polar surface area (TPSA) is 20.2 Å². The summed E-state index contributed by atoms with van der Waals surface area (Å²) in [6.45, 7) is 0. The van der Waals surface area contributed by atoms with Gasteiger partial charge in [-0.25, -0.2) is 0 Å². The molecule has 0 saturated carbocycles. The summed E-state index contributed by atoms with van der Waals surface area (Å²) < 4.78 is 3.09. The average molecular weight is 308 g/mol. The van der Waals surface area contributed by atoms with Gasteiger partial charge in [-0.3, -0.25) is 0 Å². The molecule has 0 amide bonds. The maximum Gasteiger partial charge on any atom is 0.134 e. The molecule has 0 radical (unpaired) electrons. The lowest BCUT2D eigenvalue weighted by Crippen LogP contribution is -1.69. The van der Waals surface area contributed by atoms with Crippen LogP contribution in [0.2, 0.25) is 0 Å². The lowest BCUT2D eigenvalue weighted by atomic mass is 10.2. The highest BCUT2D eigenvalue weighted by molar-refractivity contribution is 9.13. The fourth-order valence-electron chi connectivity index (χ4n) is 1.03. The number of aromatic hydroxyl groups is 1. The highest BCUT2D eigenvalue weighted by Gasteiger charge is 2.07. The van der Waals surface area contributed by atoms with Crippen LogP contribution in [0, 0.1) is 0 Å². The molecule has 2 aromatic rings. The lowest BCUT2D eigenvalue weighted by molar-refractivity contribution is 0.483. The number of fused-ring (bicyclic) bond motifs is 1. The van der Waals surface area contributed by atoms with Gasteiger partial charge in [0.15, 0.2) is 0 Å². The van der Waals surface area contributed by atoms with E-state index in [1.54, 1.807) is 5.38 Å². The third kappa shape index (κ3) is 1.18. The summed E-state index contributed by atoms with van der Waals surface area (Å²) in [7, 11) is 0. The van der Waals surface area contributed by atoms with Gasteiger partial charge in [-0.2, -0.15) is 0 Å². The van der Waals surface area contributed by atoms with Crippen LogP contribution in [0.1, 0.15) is 0 Å². The molecule has 12 heavy (non-hydrogen) atoms. The van der Waals surface area contributed by atoms with Gasteiger partial charge in [0, 0.05) is 19.7 Å². The number of thiophene rings is 1. The molecule has 0 unspecified atom stereocenters. The molecule has 1 aromatic carbocycles. The Kier molecular flexibility index (Phi) is 2.14. The fraction of sp³-hybridized carbons (Fsp3) is 0. The molecule has 0 atom stereocenters. The Morgan fingerprint density at radius 3 is 2.75 bits per heavy atom. The SMILES string of the molecule is Oc1csc2c(Br)c(Br)ccc12. The van der Waals surface area contributed by atoms with Crippen molar-refractivity contribution in [3.05, 3.63) is 26.5 Å². The van der Waals surface area contributed by atoms with E-state index in [1.165, 1.54) is 11.3 Å². The molecule has 0 spiro atoms. The third-order valence-electron chi connectivity index (χ3n) is 1.61. The molecular weight excluding hydrogens is 304 g/mol. The van der Waals surface area contributed by atoms with Crippen LogP contribution in [-0.2, 0) is 0 Å². The van der Waals surface area contributed by atoms with E-state index in [2.05, 4.69) is 31.9 Å². The van der Waals surface area contributed by atoms with Gasteiger partial charge in [0.25, 0.3) is 0 Å². The minimum atomic E-state index is 0.350. The number of hydrogen-bond donors (Lipinski definition) is 1. The average Bonchev–Trinajstić information content (AvgIpc) is 2.41. The highest BCUT2D eigenvalue weighted by Crippen LogP contribution is 2.39. The quantitative estimate of drug-likeness (QED) is 0.776. The van der Waals surface area contributed by atoms with Crippen LogP contribution in [0.4, 0.5) is 0 Å². The molecule has 1 aromatic heterocycles. The first-order valence-electron chi connectivity index (χ1n) is 3.24. The molecule has 1 heterocycles. The van der Waals surface area contributed by atoms with Crippen molar-refractivity contribution in [1.82, 2.24) is 0 Å². The minimum absolute atomic E-state index is 0.350. The Labute approximate surface area is 90.3 Å². The Hall–Kier alpha value is -0.0600. The predicted octanol–water partition coefficient (Wildman–Crippen LogP) is 4.13. The molecule has 0 bridgehead atoms. The van der Waals surface area contributed by atoms with Crippen molar-refractivity contribution in [2.75, 3.05) is 0 Å². The molecule has 62 valence electrons. The van der Waals surface area contributed by atoms with Gasteiger partial charge in [0.05, 0.1) is 4.70 Å². The standard InChI is InChI=1S/C8H4Br2OS/c9-5-2-1-4-6(11)3-12-8(4)7(5)10/h1-3,11H. The van der Waals surface area contributed by atoms with E-state index in [1.807, 2.05) is 12.1 Å². The zero-order chi connectivity index (χ0) is 8.72. The second kappa shape index (κ2) is 3.01. The Morgan fingerprint density at radius 1 is 1.25 bits per heavy atom. The van der Waals surface area contributed by atoms with Crippen LogP contribution in [0.25, 0.3) is 10.1 Å². The third-order valence-corrected chi connectivity index (χ3v) is 4.89. The molecule has 0 aliphatic heterocycles. The Bertz CT molecular complexity index is 436. The zero-order valence-electron chi connectivity index (χ0n) is 5.84. The van der Waals surface area contributed by atoms with Gasteiger partial charge in [-0.05, 0) is 44.0 Å². The summed E-state index contributed by atoms with van der Waals surface area (Å²) in [5.74, 6) is 0.350. The number of hydrogen-bond acceptors (Lipinski definition) is 2. The Balaban J connectivity index is 2.93. The molecule has 0 fully saturated rings. The van der Waals surface area contributed by atoms with E-state index in [0.29, 0.717) is 5.75 Å². The summed E-state index contributed by atoms with van der Waals surface area (Å²) in [5.41, 5.74) is 0. The fourth-order valence-corrected chi connectivity index (χ4v) is 2.98. The molecule has 4 heteroatoms. The van der Waals surface area contributed by atoms with Crippen molar-refractivity contribution in [2.24, 2.45) is 0 Å². The highest BCUT2D eigenvalue weighted by atomic mass is 79.9. The van der Waals surface area contributed by atoms with E-state index in [9.17, 15) is 5.11 Å². The van der Waals surface area contributed by atoms with Gasteiger partial charge in [0.1, 0.15) is 5.75 Å². The summed E-state index contributed by atoms with van der Waals surface area (Å²) in [5, 5.41) is 12.0. The van der Waals surface area contributed by atoms with E-state index in [4.69, 9.17) is 0 Å². The molecule has 0 aliphatic carbocycles. The van der Waals surface area contributed by atoms with Gasteiger partial charge in [-0.1, -0.05) is 0 Å². The van der Waals surface area contributed by atoms with Gasteiger partial charge in [-0.15, -0.1) is 11.3 Å². The largest absolute Gasteiger partial charge is 0.506 e. The molecular formula is C8H4Br2OS. The van der Waals surface area contributed by atoms with Crippen molar-refractivity contribution in [1.29, 1.82) is 0 Å². The van der Waals surface area contributed by atoms with E-state index in [0.717, 1.165) is 19.0 Å². The molecule has 2 rings (SSSR count). The number of benzene rings is 1. The smallest absolute Gasteiger partial charge is 0.134 e. The lowest BCUT2D eigenvalue weighted by Gasteiger charge is -1.96. The molecule has 1 N–H and O–H groups in total. The molecule has 1 nitrogen and oxygen atoms in total. The zero-order valence-corrected chi connectivity index (χ0v) is 9.83. The molecule has 0 saturated heterocycles. The van der Waals surface area contributed by atoms with Crippen LogP contribution < -0.4 is 0 Å². The van der Waals surface area contributed by atoms with Crippen LogP contribution in [0.5, 0.6) is 5.75 Å². The maximum absolute atomic E-state index is 9.40. The second-order valence-corrected chi connectivity index (χ2v) is 4.89. The first-order chi connectivity index (χ1) is 5.70. The van der Waals surface area contributed by atoms with Crippen molar-refractivity contribution < 1.29 is 5.11 Å². The summed E-state index contributed by atoms with van der Waals surface area (Å²) in [6, 6.07) is 3.81. The number of halogens is 2. The first-order valence-corrected chi connectivity index (χ1v) is 5.71. The Morgan fingerprint density at radius 2 is 2.00 bits per heavy atom. The van der Waals surface area contributed by atoms with Crippen LogP contribution in [0.15, 0.2) is 26.5 Å². The van der Waals surface area contributed by atoms with Crippen LogP contribution >= 0.6 is 43.2 Å².